The maximum absolute atomic E-state index is 14.1. The molecule has 0 heterocycles. The molecule has 0 fully saturated rings. The molecule has 0 spiro atoms. The number of benzene rings is 2. The summed E-state index contributed by atoms with van der Waals surface area (Å²) >= 11 is 5.79. The molecule has 0 aliphatic heterocycles. The van der Waals surface area contributed by atoms with E-state index < -0.39 is 11.9 Å². The van der Waals surface area contributed by atoms with Crippen molar-refractivity contribution in [3.8, 4) is 11.5 Å². The normalized spacial score (nSPS) is 10.2. The summed E-state index contributed by atoms with van der Waals surface area (Å²) in [4.78, 5) is 21.4. The van der Waals surface area contributed by atoms with Crippen molar-refractivity contribution < 1.29 is 23.5 Å². The van der Waals surface area contributed by atoms with E-state index in [4.69, 9.17) is 21.1 Å². The van der Waals surface area contributed by atoms with Gasteiger partial charge in [0.25, 0.3) is 0 Å². The predicted octanol–water partition coefficient (Wildman–Crippen LogP) is 4.13. The molecular formula is C18H17ClFNO4. The topological polar surface area (TPSA) is 64.6 Å². The molecule has 0 radical (unpaired) electrons. The van der Waals surface area contributed by atoms with E-state index in [0.29, 0.717) is 29.0 Å². The van der Waals surface area contributed by atoms with Gasteiger partial charge < -0.3 is 19.6 Å². The van der Waals surface area contributed by atoms with Crippen LogP contribution in [0.1, 0.15) is 12.0 Å². The van der Waals surface area contributed by atoms with Crippen LogP contribution in [0.15, 0.2) is 42.5 Å². The molecule has 0 saturated heterocycles. The van der Waals surface area contributed by atoms with Gasteiger partial charge in [0.1, 0.15) is 12.0 Å². The fourth-order valence-corrected chi connectivity index (χ4v) is 2.08. The van der Waals surface area contributed by atoms with E-state index in [1.54, 1.807) is 30.3 Å². The van der Waals surface area contributed by atoms with E-state index in [9.17, 15) is 14.0 Å². The lowest BCUT2D eigenvalue weighted by molar-refractivity contribution is -0.107. The highest BCUT2D eigenvalue weighted by atomic mass is 35.5. The number of carbonyl (C=O) groups excluding carboxylic acids is 2. The third kappa shape index (κ3) is 6.43. The molecule has 0 aliphatic carbocycles. The molecule has 0 aliphatic rings. The second kappa shape index (κ2) is 9.64. The molecule has 2 aromatic carbocycles. The maximum atomic E-state index is 14.1. The molecule has 0 unspecified atom stereocenters. The second-order valence-electron chi connectivity index (χ2n) is 5.09. The van der Waals surface area contributed by atoms with Crippen LogP contribution >= 0.6 is 11.6 Å². The maximum Gasteiger partial charge on any atom is 0.407 e. The molecule has 25 heavy (non-hydrogen) atoms. The Hall–Kier alpha value is -2.60. The first-order chi connectivity index (χ1) is 12.1. The monoisotopic (exact) mass is 365 g/mol. The Bertz CT molecular complexity index is 722. The predicted molar refractivity (Wildman–Crippen MR) is 91.7 cm³/mol. The SMILES string of the molecule is O=CCCNC(=O)OCCc1ccc(Oc2ccc(Cl)cc2)c(F)c1. The largest absolute Gasteiger partial charge is 0.454 e. The third-order valence-corrected chi connectivity index (χ3v) is 3.45. The van der Waals surface area contributed by atoms with Crippen LogP contribution in [-0.2, 0) is 16.0 Å². The van der Waals surface area contributed by atoms with E-state index in [2.05, 4.69) is 5.32 Å². The highest BCUT2D eigenvalue weighted by Gasteiger charge is 2.07. The molecule has 1 amide bonds. The summed E-state index contributed by atoms with van der Waals surface area (Å²) in [6.07, 6.45) is 0.691. The number of ether oxygens (including phenoxy) is 2. The highest BCUT2D eigenvalue weighted by Crippen LogP contribution is 2.26. The van der Waals surface area contributed by atoms with Crippen molar-refractivity contribution >= 4 is 24.0 Å². The van der Waals surface area contributed by atoms with Crippen LogP contribution in [0.3, 0.4) is 0 Å². The zero-order valence-corrected chi connectivity index (χ0v) is 14.1. The first-order valence-electron chi connectivity index (χ1n) is 7.64. The Labute approximate surface area is 149 Å². The van der Waals surface area contributed by atoms with Gasteiger partial charge in [0, 0.05) is 24.4 Å². The van der Waals surface area contributed by atoms with E-state index in [0.717, 1.165) is 0 Å². The molecule has 0 saturated carbocycles. The van der Waals surface area contributed by atoms with Crippen molar-refractivity contribution in [2.75, 3.05) is 13.2 Å². The number of carbonyl (C=O) groups is 2. The minimum Gasteiger partial charge on any atom is -0.454 e. The highest BCUT2D eigenvalue weighted by molar-refractivity contribution is 6.30. The number of hydrogen-bond acceptors (Lipinski definition) is 4. The molecule has 2 rings (SSSR count). The van der Waals surface area contributed by atoms with Gasteiger partial charge in [-0.1, -0.05) is 17.7 Å². The van der Waals surface area contributed by atoms with E-state index in [-0.39, 0.29) is 25.3 Å². The second-order valence-corrected chi connectivity index (χ2v) is 5.53. The van der Waals surface area contributed by atoms with Crippen molar-refractivity contribution in [1.82, 2.24) is 5.32 Å². The Morgan fingerprint density at radius 1 is 1.20 bits per heavy atom. The van der Waals surface area contributed by atoms with Gasteiger partial charge >= 0.3 is 6.09 Å². The van der Waals surface area contributed by atoms with Gasteiger partial charge in [-0.2, -0.15) is 0 Å². The zero-order chi connectivity index (χ0) is 18.1. The molecule has 0 bridgehead atoms. The summed E-state index contributed by atoms with van der Waals surface area (Å²) in [6, 6.07) is 11.1. The standard InChI is InChI=1S/C18H17ClFNO4/c19-14-3-5-15(6-4-14)25-17-7-2-13(12-16(17)20)8-11-24-18(23)21-9-1-10-22/h2-7,10,12H,1,8-9,11H2,(H,21,23). The zero-order valence-electron chi connectivity index (χ0n) is 13.3. The summed E-state index contributed by atoms with van der Waals surface area (Å²) in [7, 11) is 0. The van der Waals surface area contributed by atoms with Gasteiger partial charge in [-0.25, -0.2) is 9.18 Å². The van der Waals surface area contributed by atoms with Gasteiger partial charge in [-0.3, -0.25) is 0 Å². The molecule has 7 heteroatoms. The Balaban J connectivity index is 1.83. The summed E-state index contributed by atoms with van der Waals surface area (Å²) in [5.41, 5.74) is 0.668. The Morgan fingerprint density at radius 3 is 2.64 bits per heavy atom. The van der Waals surface area contributed by atoms with Gasteiger partial charge in [0.05, 0.1) is 6.61 Å². The van der Waals surface area contributed by atoms with Crippen molar-refractivity contribution in [3.63, 3.8) is 0 Å². The molecule has 0 aromatic heterocycles. The summed E-state index contributed by atoms with van der Waals surface area (Å²) in [5.74, 6) is 0.0628. The lowest BCUT2D eigenvalue weighted by atomic mass is 10.1. The number of alkyl carbamates (subject to hydrolysis) is 1. The van der Waals surface area contributed by atoms with Gasteiger partial charge in [0.15, 0.2) is 11.6 Å². The number of halogens is 2. The molecule has 2 aromatic rings. The number of hydrogen-bond donors (Lipinski definition) is 1. The van der Waals surface area contributed by atoms with Crippen LogP contribution in [0.2, 0.25) is 5.02 Å². The number of nitrogens with one attached hydrogen (secondary N) is 1. The van der Waals surface area contributed by atoms with E-state index in [1.807, 2.05) is 0 Å². The lowest BCUT2D eigenvalue weighted by Gasteiger charge is -2.09. The minimum absolute atomic E-state index is 0.0959. The average Bonchev–Trinajstić information content (AvgIpc) is 2.59. The summed E-state index contributed by atoms with van der Waals surface area (Å²) < 4.78 is 24.5. The number of rotatable bonds is 8. The van der Waals surface area contributed by atoms with Crippen LogP contribution in [0.5, 0.6) is 11.5 Å². The Morgan fingerprint density at radius 2 is 1.96 bits per heavy atom. The molecule has 5 nitrogen and oxygen atoms in total. The van der Waals surface area contributed by atoms with Crippen LogP contribution in [0.4, 0.5) is 9.18 Å². The van der Waals surface area contributed by atoms with E-state index in [1.165, 1.54) is 12.1 Å². The van der Waals surface area contributed by atoms with Crippen LogP contribution in [0, 0.1) is 5.82 Å². The first kappa shape index (κ1) is 18.7. The molecular weight excluding hydrogens is 349 g/mol. The van der Waals surface area contributed by atoms with Crippen LogP contribution < -0.4 is 10.1 Å². The molecule has 0 atom stereocenters. The van der Waals surface area contributed by atoms with Crippen LogP contribution in [-0.4, -0.2) is 25.5 Å². The number of amides is 1. The van der Waals surface area contributed by atoms with Crippen LogP contribution in [0.25, 0.3) is 0 Å². The fraction of sp³-hybridized carbons (Fsp3) is 0.222. The van der Waals surface area contributed by atoms with Gasteiger partial charge in [-0.15, -0.1) is 0 Å². The number of aldehydes is 1. The molecule has 1 N–H and O–H groups in total. The first-order valence-corrected chi connectivity index (χ1v) is 8.02. The quantitative estimate of drug-likeness (QED) is 0.564. The van der Waals surface area contributed by atoms with Crippen molar-refractivity contribution in [2.24, 2.45) is 0 Å². The fourth-order valence-electron chi connectivity index (χ4n) is 1.96. The van der Waals surface area contributed by atoms with Crippen molar-refractivity contribution in [3.05, 3.63) is 58.9 Å². The molecule has 132 valence electrons. The summed E-state index contributed by atoms with van der Waals surface area (Å²) in [6.45, 7) is 0.331. The Kier molecular flexibility index (Phi) is 7.22. The minimum atomic E-state index is -0.606. The summed E-state index contributed by atoms with van der Waals surface area (Å²) in [5, 5.41) is 2.99. The lowest BCUT2D eigenvalue weighted by Crippen LogP contribution is -2.26. The van der Waals surface area contributed by atoms with Crippen molar-refractivity contribution in [2.45, 2.75) is 12.8 Å². The van der Waals surface area contributed by atoms with Gasteiger partial charge in [-0.05, 0) is 42.0 Å². The smallest absolute Gasteiger partial charge is 0.407 e. The van der Waals surface area contributed by atoms with Gasteiger partial charge in [0.2, 0.25) is 0 Å². The third-order valence-electron chi connectivity index (χ3n) is 3.19. The van der Waals surface area contributed by atoms with Crippen molar-refractivity contribution in [1.29, 1.82) is 0 Å². The van der Waals surface area contributed by atoms with E-state index >= 15 is 0 Å². The average molecular weight is 366 g/mol.